The SMILES string of the molecule is COc1ccc(Cl)cc1C(=O)NS(=O)(=O)c1ccc(C)cc1C. The quantitative estimate of drug-likeness (QED) is 0.916. The van der Waals surface area contributed by atoms with Crippen LogP contribution < -0.4 is 9.46 Å². The summed E-state index contributed by atoms with van der Waals surface area (Å²) in [6.45, 7) is 3.53. The number of rotatable bonds is 4. The van der Waals surface area contributed by atoms with Crippen LogP contribution in [0.25, 0.3) is 0 Å². The molecule has 1 amide bonds. The maximum absolute atomic E-state index is 12.4. The van der Waals surface area contributed by atoms with Gasteiger partial charge < -0.3 is 4.74 Å². The van der Waals surface area contributed by atoms with Crippen LogP contribution in [0.1, 0.15) is 21.5 Å². The molecule has 0 atom stereocenters. The van der Waals surface area contributed by atoms with E-state index in [4.69, 9.17) is 16.3 Å². The van der Waals surface area contributed by atoms with Crippen molar-refractivity contribution in [2.75, 3.05) is 7.11 Å². The number of methoxy groups -OCH3 is 1. The Morgan fingerprint density at radius 3 is 2.43 bits per heavy atom. The second-order valence-corrected chi connectivity index (χ2v) is 7.14. The first kappa shape index (κ1) is 17.3. The van der Waals surface area contributed by atoms with E-state index < -0.39 is 15.9 Å². The van der Waals surface area contributed by atoms with Crippen molar-refractivity contribution in [3.8, 4) is 5.75 Å². The van der Waals surface area contributed by atoms with Gasteiger partial charge in [0.05, 0.1) is 17.6 Å². The van der Waals surface area contributed by atoms with Crippen molar-refractivity contribution < 1.29 is 17.9 Å². The largest absolute Gasteiger partial charge is 0.496 e. The van der Waals surface area contributed by atoms with Gasteiger partial charge >= 0.3 is 0 Å². The van der Waals surface area contributed by atoms with Crippen molar-refractivity contribution in [2.24, 2.45) is 0 Å². The number of amides is 1. The molecule has 0 spiro atoms. The predicted octanol–water partition coefficient (Wildman–Crippen LogP) is 3.08. The molecule has 0 heterocycles. The highest BCUT2D eigenvalue weighted by Gasteiger charge is 2.22. The van der Waals surface area contributed by atoms with Gasteiger partial charge in [0.25, 0.3) is 15.9 Å². The zero-order valence-corrected chi connectivity index (χ0v) is 14.5. The molecule has 23 heavy (non-hydrogen) atoms. The van der Waals surface area contributed by atoms with E-state index in [9.17, 15) is 13.2 Å². The monoisotopic (exact) mass is 353 g/mol. The van der Waals surface area contributed by atoms with E-state index in [0.29, 0.717) is 10.6 Å². The molecular weight excluding hydrogens is 338 g/mol. The third kappa shape index (κ3) is 3.83. The first-order valence-corrected chi connectivity index (χ1v) is 8.58. The standard InChI is InChI=1S/C16H16ClNO4S/c1-10-4-7-15(11(2)8-10)23(20,21)18-16(19)13-9-12(17)5-6-14(13)22-3/h4-9H,1-3H3,(H,18,19). The van der Waals surface area contributed by atoms with Gasteiger partial charge in [0.1, 0.15) is 5.75 Å². The van der Waals surface area contributed by atoms with Gasteiger partial charge in [-0.25, -0.2) is 13.1 Å². The molecule has 2 aromatic carbocycles. The molecule has 0 saturated carbocycles. The lowest BCUT2D eigenvalue weighted by Crippen LogP contribution is -2.31. The Morgan fingerprint density at radius 2 is 1.83 bits per heavy atom. The van der Waals surface area contributed by atoms with Crippen LogP contribution in [-0.2, 0) is 10.0 Å². The van der Waals surface area contributed by atoms with Gasteiger partial charge in [-0.2, -0.15) is 0 Å². The summed E-state index contributed by atoms with van der Waals surface area (Å²) >= 11 is 5.86. The number of hydrogen-bond acceptors (Lipinski definition) is 4. The minimum atomic E-state index is -3.99. The summed E-state index contributed by atoms with van der Waals surface area (Å²) in [5, 5.41) is 0.305. The highest BCUT2D eigenvalue weighted by molar-refractivity contribution is 7.90. The van der Waals surface area contributed by atoms with E-state index in [-0.39, 0.29) is 16.2 Å². The molecule has 2 rings (SSSR count). The minimum Gasteiger partial charge on any atom is -0.496 e. The zero-order chi connectivity index (χ0) is 17.2. The van der Waals surface area contributed by atoms with Crippen LogP contribution in [-0.4, -0.2) is 21.4 Å². The van der Waals surface area contributed by atoms with E-state index in [1.807, 2.05) is 11.6 Å². The number of nitrogens with one attached hydrogen (secondary N) is 1. The van der Waals surface area contributed by atoms with E-state index in [1.165, 1.54) is 25.3 Å². The fourth-order valence-electron chi connectivity index (χ4n) is 2.19. The Kier molecular flexibility index (Phi) is 4.97. The fraction of sp³-hybridized carbons (Fsp3) is 0.188. The number of sulfonamides is 1. The van der Waals surface area contributed by atoms with Crippen molar-refractivity contribution in [1.82, 2.24) is 4.72 Å². The lowest BCUT2D eigenvalue weighted by atomic mass is 10.2. The van der Waals surface area contributed by atoms with Crippen molar-refractivity contribution in [3.63, 3.8) is 0 Å². The normalized spacial score (nSPS) is 11.1. The molecule has 0 saturated heterocycles. The third-order valence-electron chi connectivity index (χ3n) is 3.25. The molecule has 0 aliphatic heterocycles. The average Bonchev–Trinajstić information content (AvgIpc) is 2.46. The summed E-state index contributed by atoms with van der Waals surface area (Å²) in [5.41, 5.74) is 1.54. The van der Waals surface area contributed by atoms with Gasteiger partial charge in [-0.05, 0) is 43.7 Å². The highest BCUT2D eigenvalue weighted by Crippen LogP contribution is 2.23. The van der Waals surface area contributed by atoms with Crippen LogP contribution >= 0.6 is 11.6 Å². The molecule has 0 fully saturated rings. The second kappa shape index (κ2) is 6.60. The molecule has 1 N–H and O–H groups in total. The van der Waals surface area contributed by atoms with E-state index in [2.05, 4.69) is 0 Å². The lowest BCUT2D eigenvalue weighted by molar-refractivity contribution is 0.0978. The Labute approximate surface area is 140 Å². The van der Waals surface area contributed by atoms with Gasteiger partial charge in [-0.1, -0.05) is 29.3 Å². The Balaban J connectivity index is 2.37. The van der Waals surface area contributed by atoms with Crippen LogP contribution in [0.15, 0.2) is 41.3 Å². The number of benzene rings is 2. The maximum atomic E-state index is 12.4. The van der Waals surface area contributed by atoms with Crippen LogP contribution in [0.3, 0.4) is 0 Å². The number of halogens is 1. The molecule has 7 heteroatoms. The predicted molar refractivity (Wildman–Crippen MR) is 88.6 cm³/mol. The zero-order valence-electron chi connectivity index (χ0n) is 12.9. The summed E-state index contributed by atoms with van der Waals surface area (Å²) in [6, 6.07) is 9.28. The summed E-state index contributed by atoms with van der Waals surface area (Å²) in [5.74, 6) is -0.563. The van der Waals surface area contributed by atoms with Gasteiger partial charge in [0, 0.05) is 5.02 Å². The molecule has 0 bridgehead atoms. The molecular formula is C16H16ClNO4S. The topological polar surface area (TPSA) is 72.5 Å². The van der Waals surface area contributed by atoms with Gasteiger partial charge in [0.15, 0.2) is 0 Å². The van der Waals surface area contributed by atoms with Crippen LogP contribution in [0.5, 0.6) is 5.75 Å². The number of carbonyl (C=O) groups excluding carboxylic acids is 1. The summed E-state index contributed by atoms with van der Waals surface area (Å²) in [4.78, 5) is 12.4. The lowest BCUT2D eigenvalue weighted by Gasteiger charge is -2.12. The van der Waals surface area contributed by atoms with Crippen LogP contribution in [0.4, 0.5) is 0 Å². The Bertz CT molecular complexity index is 862. The van der Waals surface area contributed by atoms with Crippen LogP contribution in [0, 0.1) is 13.8 Å². The summed E-state index contributed by atoms with van der Waals surface area (Å²) in [6.07, 6.45) is 0. The third-order valence-corrected chi connectivity index (χ3v) is 4.98. The van der Waals surface area contributed by atoms with E-state index in [1.54, 1.807) is 25.1 Å². The van der Waals surface area contributed by atoms with Crippen molar-refractivity contribution >= 4 is 27.5 Å². The maximum Gasteiger partial charge on any atom is 0.268 e. The molecule has 0 aliphatic rings. The molecule has 0 radical (unpaired) electrons. The second-order valence-electron chi connectivity index (χ2n) is 5.05. The summed E-state index contributed by atoms with van der Waals surface area (Å²) in [7, 11) is -2.60. The minimum absolute atomic E-state index is 0.0494. The van der Waals surface area contributed by atoms with Gasteiger partial charge in [-0.3, -0.25) is 4.79 Å². The smallest absolute Gasteiger partial charge is 0.268 e. The Hall–Kier alpha value is -2.05. The first-order chi connectivity index (χ1) is 10.7. The molecule has 0 aliphatic carbocycles. The fourth-order valence-corrected chi connectivity index (χ4v) is 3.56. The molecule has 0 aromatic heterocycles. The number of aryl methyl sites for hydroxylation is 2. The molecule has 0 unspecified atom stereocenters. The Morgan fingerprint density at radius 1 is 1.13 bits per heavy atom. The van der Waals surface area contributed by atoms with Crippen molar-refractivity contribution in [2.45, 2.75) is 18.7 Å². The first-order valence-electron chi connectivity index (χ1n) is 6.72. The molecule has 5 nitrogen and oxygen atoms in total. The highest BCUT2D eigenvalue weighted by atomic mass is 35.5. The van der Waals surface area contributed by atoms with E-state index in [0.717, 1.165) is 5.56 Å². The van der Waals surface area contributed by atoms with Crippen LogP contribution in [0.2, 0.25) is 5.02 Å². The number of carbonyl (C=O) groups is 1. The van der Waals surface area contributed by atoms with Crippen molar-refractivity contribution in [1.29, 1.82) is 0 Å². The average molecular weight is 354 g/mol. The number of ether oxygens (including phenoxy) is 1. The van der Waals surface area contributed by atoms with Crippen molar-refractivity contribution in [3.05, 3.63) is 58.1 Å². The summed E-state index contributed by atoms with van der Waals surface area (Å²) < 4.78 is 32.0. The van der Waals surface area contributed by atoms with Gasteiger partial charge in [0.2, 0.25) is 0 Å². The molecule has 122 valence electrons. The van der Waals surface area contributed by atoms with E-state index >= 15 is 0 Å². The van der Waals surface area contributed by atoms with Gasteiger partial charge in [-0.15, -0.1) is 0 Å². The molecule has 2 aromatic rings. The number of hydrogen-bond donors (Lipinski definition) is 1.